The molecule has 7 heteroatoms. The van der Waals surface area contributed by atoms with Crippen LogP contribution in [0.2, 0.25) is 0 Å². The summed E-state index contributed by atoms with van der Waals surface area (Å²) >= 11 is 0. The number of hydrogen-bond acceptors (Lipinski definition) is 6. The zero-order valence-electron chi connectivity index (χ0n) is 16.5. The molecule has 0 amide bonds. The molecule has 0 atom stereocenters. The molecule has 0 spiro atoms. The first-order valence-corrected chi connectivity index (χ1v) is 8.98. The molecule has 2 aromatic heterocycles. The molecule has 148 valence electrons. The van der Waals surface area contributed by atoms with Gasteiger partial charge in [0, 0.05) is 24.2 Å². The van der Waals surface area contributed by atoms with Gasteiger partial charge in [0.05, 0.1) is 24.4 Å². The van der Waals surface area contributed by atoms with Gasteiger partial charge in [0.15, 0.2) is 28.6 Å². The number of carbonyl (C=O) groups is 1. The predicted octanol–water partition coefficient (Wildman–Crippen LogP) is 4.10. The smallest absolute Gasteiger partial charge is 0.197 e. The van der Waals surface area contributed by atoms with Crippen LogP contribution >= 0.6 is 0 Å². The lowest BCUT2D eigenvalue weighted by atomic mass is 9.96. The van der Waals surface area contributed by atoms with E-state index in [1.807, 2.05) is 0 Å². The average molecular weight is 392 g/mol. The number of hydrogen-bond donors (Lipinski definition) is 2. The number of nitrogens with zero attached hydrogens (tertiary/aromatic N) is 2. The van der Waals surface area contributed by atoms with E-state index in [-0.39, 0.29) is 28.6 Å². The molecular weight excluding hydrogens is 372 g/mol. The van der Waals surface area contributed by atoms with E-state index in [2.05, 4.69) is 5.10 Å². The van der Waals surface area contributed by atoms with E-state index < -0.39 is 0 Å². The second-order valence-corrected chi connectivity index (χ2v) is 6.99. The summed E-state index contributed by atoms with van der Waals surface area (Å²) in [7, 11) is 3.20. The van der Waals surface area contributed by atoms with Crippen molar-refractivity contribution in [2.45, 2.75) is 13.8 Å². The van der Waals surface area contributed by atoms with Crippen molar-refractivity contribution < 1.29 is 24.2 Å². The van der Waals surface area contributed by atoms with Gasteiger partial charge in [0.1, 0.15) is 5.76 Å². The van der Waals surface area contributed by atoms with Crippen molar-refractivity contribution in [1.82, 2.24) is 9.78 Å². The SMILES string of the molecule is COc1cc(C(=O)c2c(-c3cnn(C)c3)oc3c(O)c(C)ccc23)cc(C)c1O. The average Bonchev–Trinajstić information content (AvgIpc) is 3.30. The summed E-state index contributed by atoms with van der Waals surface area (Å²) in [6, 6.07) is 6.58. The molecule has 2 N–H and O–H groups in total. The number of aryl methyl sites for hydroxylation is 3. The molecule has 0 saturated carbocycles. The molecule has 0 radical (unpaired) electrons. The molecule has 0 saturated heterocycles. The van der Waals surface area contributed by atoms with E-state index >= 15 is 0 Å². The molecule has 4 aromatic rings. The maximum atomic E-state index is 13.5. The largest absolute Gasteiger partial charge is 0.504 e. The summed E-state index contributed by atoms with van der Waals surface area (Å²) < 4.78 is 12.8. The fourth-order valence-corrected chi connectivity index (χ4v) is 3.39. The fraction of sp³-hybridized carbons (Fsp3) is 0.182. The predicted molar refractivity (Wildman–Crippen MR) is 108 cm³/mol. The van der Waals surface area contributed by atoms with E-state index in [9.17, 15) is 15.0 Å². The highest BCUT2D eigenvalue weighted by atomic mass is 16.5. The van der Waals surface area contributed by atoms with Crippen LogP contribution in [0.15, 0.2) is 41.1 Å². The van der Waals surface area contributed by atoms with E-state index in [1.165, 1.54) is 13.2 Å². The Morgan fingerprint density at radius 3 is 2.55 bits per heavy atom. The second-order valence-electron chi connectivity index (χ2n) is 6.99. The van der Waals surface area contributed by atoms with Gasteiger partial charge in [-0.3, -0.25) is 9.48 Å². The van der Waals surface area contributed by atoms with Gasteiger partial charge in [-0.05, 0) is 43.2 Å². The van der Waals surface area contributed by atoms with Crippen LogP contribution in [0.25, 0.3) is 22.3 Å². The summed E-state index contributed by atoms with van der Waals surface area (Å²) in [4.78, 5) is 13.5. The number of furan rings is 1. The lowest BCUT2D eigenvalue weighted by Crippen LogP contribution is -2.03. The van der Waals surface area contributed by atoms with Crippen LogP contribution in [0.3, 0.4) is 0 Å². The van der Waals surface area contributed by atoms with Gasteiger partial charge in [-0.2, -0.15) is 5.10 Å². The van der Waals surface area contributed by atoms with E-state index in [1.54, 1.807) is 56.2 Å². The number of benzene rings is 2. The first-order valence-electron chi connectivity index (χ1n) is 8.98. The number of aromatic hydroxyl groups is 2. The van der Waals surface area contributed by atoms with Crippen LogP contribution in [-0.2, 0) is 7.05 Å². The van der Waals surface area contributed by atoms with Crippen molar-refractivity contribution in [3.63, 3.8) is 0 Å². The van der Waals surface area contributed by atoms with Crippen molar-refractivity contribution in [2.75, 3.05) is 7.11 Å². The Morgan fingerprint density at radius 2 is 1.90 bits per heavy atom. The molecule has 0 aliphatic carbocycles. The van der Waals surface area contributed by atoms with E-state index in [4.69, 9.17) is 9.15 Å². The molecule has 0 bridgehead atoms. The van der Waals surface area contributed by atoms with Crippen molar-refractivity contribution in [3.05, 3.63) is 58.9 Å². The van der Waals surface area contributed by atoms with Crippen LogP contribution in [0.1, 0.15) is 27.0 Å². The van der Waals surface area contributed by atoms with Crippen LogP contribution in [0.4, 0.5) is 0 Å². The zero-order chi connectivity index (χ0) is 20.9. The van der Waals surface area contributed by atoms with Gasteiger partial charge >= 0.3 is 0 Å². The lowest BCUT2D eigenvalue weighted by molar-refractivity contribution is 0.104. The molecule has 0 unspecified atom stereocenters. The standard InChI is InChI=1S/C22H20N2O5/c1-11-5-6-15-17(20(27)13-7-12(2)18(25)16(8-13)28-4)21(29-22(15)19(11)26)14-9-23-24(3)10-14/h5-10,25-26H,1-4H3. The third-order valence-electron chi connectivity index (χ3n) is 4.98. The summed E-state index contributed by atoms with van der Waals surface area (Å²) in [5.74, 6) is 0.201. The number of aromatic nitrogens is 2. The number of carbonyl (C=O) groups excluding carboxylic acids is 1. The highest BCUT2D eigenvalue weighted by Gasteiger charge is 2.27. The van der Waals surface area contributed by atoms with Gasteiger partial charge in [0.2, 0.25) is 0 Å². The minimum absolute atomic E-state index is 0.00819. The maximum Gasteiger partial charge on any atom is 0.197 e. The Balaban J connectivity index is 2.01. The fourth-order valence-electron chi connectivity index (χ4n) is 3.39. The number of ketones is 1. The number of phenols is 2. The van der Waals surface area contributed by atoms with Crippen molar-refractivity contribution in [1.29, 1.82) is 0 Å². The number of phenolic OH excluding ortho intramolecular Hbond substituents is 2. The minimum Gasteiger partial charge on any atom is -0.504 e. The zero-order valence-corrected chi connectivity index (χ0v) is 16.5. The van der Waals surface area contributed by atoms with Gasteiger partial charge in [-0.15, -0.1) is 0 Å². The summed E-state index contributed by atoms with van der Waals surface area (Å²) in [5.41, 5.74) is 2.67. The minimum atomic E-state index is -0.313. The van der Waals surface area contributed by atoms with E-state index in [0.29, 0.717) is 39.0 Å². The summed E-state index contributed by atoms with van der Waals surface area (Å²) in [6.45, 7) is 3.45. The molecule has 0 aliphatic rings. The van der Waals surface area contributed by atoms with Crippen LogP contribution in [-0.4, -0.2) is 32.9 Å². The molecule has 0 fully saturated rings. The van der Waals surface area contributed by atoms with Crippen LogP contribution in [0.5, 0.6) is 17.2 Å². The maximum absolute atomic E-state index is 13.5. The van der Waals surface area contributed by atoms with Crippen LogP contribution in [0, 0.1) is 13.8 Å². The first kappa shape index (κ1) is 18.6. The lowest BCUT2D eigenvalue weighted by Gasteiger charge is -2.09. The van der Waals surface area contributed by atoms with Crippen molar-refractivity contribution in [3.8, 4) is 28.6 Å². The monoisotopic (exact) mass is 392 g/mol. The normalized spacial score (nSPS) is 11.2. The topological polar surface area (TPSA) is 97.7 Å². The number of ether oxygens (including phenoxy) is 1. The molecule has 29 heavy (non-hydrogen) atoms. The van der Waals surface area contributed by atoms with Crippen LogP contribution < -0.4 is 4.74 Å². The number of methoxy groups -OCH3 is 1. The van der Waals surface area contributed by atoms with Crippen molar-refractivity contribution in [2.24, 2.45) is 7.05 Å². The Hall–Kier alpha value is -3.74. The molecule has 0 aliphatic heterocycles. The summed E-state index contributed by atoms with van der Waals surface area (Å²) in [5, 5.41) is 25.3. The Bertz CT molecular complexity index is 1270. The summed E-state index contributed by atoms with van der Waals surface area (Å²) in [6.07, 6.45) is 3.34. The van der Waals surface area contributed by atoms with Gasteiger partial charge in [-0.25, -0.2) is 0 Å². The van der Waals surface area contributed by atoms with Crippen molar-refractivity contribution >= 4 is 16.8 Å². The molecular formula is C22H20N2O5. The second kappa shape index (κ2) is 6.70. The Morgan fingerprint density at radius 1 is 1.14 bits per heavy atom. The highest BCUT2D eigenvalue weighted by Crippen LogP contribution is 2.41. The highest BCUT2D eigenvalue weighted by molar-refractivity contribution is 6.20. The van der Waals surface area contributed by atoms with Gasteiger partial charge < -0.3 is 19.4 Å². The van der Waals surface area contributed by atoms with Gasteiger partial charge in [-0.1, -0.05) is 6.07 Å². The molecule has 2 aromatic carbocycles. The Labute approximate surface area is 166 Å². The van der Waals surface area contributed by atoms with E-state index in [0.717, 1.165) is 0 Å². The third kappa shape index (κ3) is 2.91. The number of rotatable bonds is 4. The Kier molecular flexibility index (Phi) is 4.30. The molecule has 4 rings (SSSR count). The molecule has 7 nitrogen and oxygen atoms in total. The molecule has 2 heterocycles. The third-order valence-corrected chi connectivity index (χ3v) is 4.98. The first-order chi connectivity index (χ1) is 13.8. The van der Waals surface area contributed by atoms with Gasteiger partial charge in [0.25, 0.3) is 0 Å². The number of fused-ring (bicyclic) bond motifs is 1. The quantitative estimate of drug-likeness (QED) is 0.508.